The fourth-order valence-corrected chi connectivity index (χ4v) is 3.04. The van der Waals surface area contributed by atoms with Crippen molar-refractivity contribution < 1.29 is 19.1 Å². The highest BCUT2D eigenvalue weighted by atomic mass is 16.6. The Labute approximate surface area is 164 Å². The molecule has 0 unspecified atom stereocenters. The van der Waals surface area contributed by atoms with Gasteiger partial charge in [0.2, 0.25) is 0 Å². The summed E-state index contributed by atoms with van der Waals surface area (Å²) in [6.07, 6.45) is 0. The van der Waals surface area contributed by atoms with E-state index in [1.807, 2.05) is 74.5 Å². The molecule has 0 aromatic heterocycles. The summed E-state index contributed by atoms with van der Waals surface area (Å²) in [5.41, 5.74) is 1.73. The molecule has 0 N–H and O–H groups in total. The van der Waals surface area contributed by atoms with E-state index in [2.05, 4.69) is 0 Å². The Bertz CT molecular complexity index is 978. The Morgan fingerprint density at radius 2 is 1.61 bits per heavy atom. The van der Waals surface area contributed by atoms with Gasteiger partial charge in [-0.15, -0.1) is 0 Å². The third-order valence-electron chi connectivity index (χ3n) is 4.47. The molecule has 0 heterocycles. The number of carbonyl (C=O) groups is 2. The number of anilines is 1. The number of hydrogen-bond donors (Lipinski definition) is 0. The van der Waals surface area contributed by atoms with Gasteiger partial charge >= 0.3 is 5.97 Å². The van der Waals surface area contributed by atoms with Gasteiger partial charge in [-0.25, -0.2) is 4.79 Å². The number of rotatable bonds is 7. The van der Waals surface area contributed by atoms with Gasteiger partial charge in [0.1, 0.15) is 5.75 Å². The van der Waals surface area contributed by atoms with Crippen molar-refractivity contribution in [3.05, 3.63) is 72.3 Å². The zero-order valence-corrected chi connectivity index (χ0v) is 16.1. The summed E-state index contributed by atoms with van der Waals surface area (Å²) in [5.74, 6) is -0.231. The minimum absolute atomic E-state index is 0.238. The molecule has 3 aromatic carbocycles. The molecule has 0 atom stereocenters. The maximum Gasteiger partial charge on any atom is 0.344 e. The lowest BCUT2D eigenvalue weighted by Crippen LogP contribution is -2.35. The molecule has 0 aliphatic rings. The van der Waals surface area contributed by atoms with Crippen LogP contribution in [-0.4, -0.2) is 31.6 Å². The molecule has 0 aliphatic heterocycles. The number of esters is 1. The summed E-state index contributed by atoms with van der Waals surface area (Å²) >= 11 is 0. The van der Waals surface area contributed by atoms with Crippen molar-refractivity contribution in [2.45, 2.75) is 13.8 Å². The van der Waals surface area contributed by atoms with E-state index in [9.17, 15) is 9.59 Å². The van der Waals surface area contributed by atoms with E-state index in [1.54, 1.807) is 11.0 Å². The number of hydrogen-bond acceptors (Lipinski definition) is 4. The first kappa shape index (κ1) is 19.4. The van der Waals surface area contributed by atoms with Crippen molar-refractivity contribution in [1.82, 2.24) is 0 Å². The summed E-state index contributed by atoms with van der Waals surface area (Å²) in [6, 6.07) is 21.1. The predicted molar refractivity (Wildman–Crippen MR) is 110 cm³/mol. The van der Waals surface area contributed by atoms with Gasteiger partial charge < -0.3 is 14.4 Å². The number of para-hydroxylation sites is 1. The lowest BCUT2D eigenvalue weighted by atomic mass is 10.1. The highest BCUT2D eigenvalue weighted by molar-refractivity contribution is 6.04. The van der Waals surface area contributed by atoms with Crippen LogP contribution in [0, 0.1) is 6.92 Å². The van der Waals surface area contributed by atoms with Crippen molar-refractivity contribution in [2.24, 2.45) is 0 Å². The maximum absolute atomic E-state index is 12.7. The number of fused-ring (bicyclic) bond motifs is 1. The quantitative estimate of drug-likeness (QED) is 0.581. The first-order valence-corrected chi connectivity index (χ1v) is 9.22. The van der Waals surface area contributed by atoms with Crippen molar-refractivity contribution >= 4 is 28.3 Å². The minimum atomic E-state index is -0.578. The summed E-state index contributed by atoms with van der Waals surface area (Å²) in [7, 11) is 0. The second kappa shape index (κ2) is 9.04. The molecule has 1 amide bonds. The third-order valence-corrected chi connectivity index (χ3v) is 4.47. The van der Waals surface area contributed by atoms with Crippen LogP contribution < -0.4 is 9.64 Å². The fourth-order valence-electron chi connectivity index (χ4n) is 3.04. The van der Waals surface area contributed by atoms with Crippen LogP contribution in [0.1, 0.15) is 12.5 Å². The summed E-state index contributed by atoms with van der Waals surface area (Å²) in [6.45, 7) is 3.70. The molecular formula is C23H23NO4. The lowest BCUT2D eigenvalue weighted by molar-refractivity contribution is -0.149. The smallest absolute Gasteiger partial charge is 0.344 e. The van der Waals surface area contributed by atoms with Gasteiger partial charge in [-0.1, -0.05) is 54.6 Å². The predicted octanol–water partition coefficient (Wildman–Crippen LogP) is 4.12. The molecule has 5 heteroatoms. The zero-order chi connectivity index (χ0) is 19.9. The molecule has 144 valence electrons. The fraction of sp³-hybridized carbons (Fsp3) is 0.217. The van der Waals surface area contributed by atoms with Gasteiger partial charge in [0.25, 0.3) is 5.91 Å². The molecule has 0 fully saturated rings. The van der Waals surface area contributed by atoms with E-state index >= 15 is 0 Å². The number of aryl methyl sites for hydroxylation is 1. The number of ether oxygens (including phenoxy) is 2. The van der Waals surface area contributed by atoms with Crippen LogP contribution in [0.25, 0.3) is 10.8 Å². The molecule has 0 radical (unpaired) electrons. The molecule has 0 aliphatic carbocycles. The summed E-state index contributed by atoms with van der Waals surface area (Å²) in [5, 5.41) is 2.03. The van der Waals surface area contributed by atoms with Crippen LogP contribution in [-0.2, 0) is 14.3 Å². The van der Waals surface area contributed by atoms with Gasteiger partial charge in [0.15, 0.2) is 13.2 Å². The van der Waals surface area contributed by atoms with Crippen LogP contribution >= 0.6 is 0 Å². The number of amides is 1. The third kappa shape index (κ3) is 4.49. The largest absolute Gasteiger partial charge is 0.482 e. The van der Waals surface area contributed by atoms with E-state index in [4.69, 9.17) is 9.47 Å². The highest BCUT2D eigenvalue weighted by Gasteiger charge is 2.18. The second-order valence-corrected chi connectivity index (χ2v) is 6.35. The van der Waals surface area contributed by atoms with E-state index in [0.29, 0.717) is 12.3 Å². The Morgan fingerprint density at radius 1 is 0.893 bits per heavy atom. The van der Waals surface area contributed by atoms with Crippen molar-refractivity contribution in [3.8, 4) is 5.75 Å². The van der Waals surface area contributed by atoms with E-state index in [1.165, 1.54) is 0 Å². The van der Waals surface area contributed by atoms with Crippen molar-refractivity contribution in [1.29, 1.82) is 0 Å². The Balaban J connectivity index is 1.61. The molecule has 0 saturated carbocycles. The molecular weight excluding hydrogens is 354 g/mol. The normalized spacial score (nSPS) is 10.5. The molecule has 0 saturated heterocycles. The number of carbonyl (C=O) groups excluding carboxylic acids is 2. The first-order valence-electron chi connectivity index (χ1n) is 9.22. The maximum atomic E-state index is 12.7. The van der Waals surface area contributed by atoms with Crippen LogP contribution in [0.2, 0.25) is 0 Å². The SMILES string of the molecule is CCN(C(=O)COC(=O)COc1ccccc1C)c1cccc2ccccc12. The highest BCUT2D eigenvalue weighted by Crippen LogP contribution is 2.26. The lowest BCUT2D eigenvalue weighted by Gasteiger charge is -2.22. The van der Waals surface area contributed by atoms with Gasteiger partial charge in [0.05, 0.1) is 5.69 Å². The Morgan fingerprint density at radius 3 is 2.39 bits per heavy atom. The van der Waals surface area contributed by atoms with E-state index in [0.717, 1.165) is 22.0 Å². The van der Waals surface area contributed by atoms with Crippen molar-refractivity contribution in [3.63, 3.8) is 0 Å². The monoisotopic (exact) mass is 377 g/mol. The summed E-state index contributed by atoms with van der Waals surface area (Å²) in [4.78, 5) is 26.3. The molecule has 0 bridgehead atoms. The van der Waals surface area contributed by atoms with Gasteiger partial charge in [0, 0.05) is 11.9 Å². The Hall–Kier alpha value is -3.34. The molecule has 5 nitrogen and oxygen atoms in total. The Kier molecular flexibility index (Phi) is 6.27. The number of likely N-dealkylation sites (N-methyl/N-ethyl adjacent to an activating group) is 1. The van der Waals surface area contributed by atoms with Crippen LogP contribution in [0.3, 0.4) is 0 Å². The van der Waals surface area contributed by atoms with E-state index < -0.39 is 5.97 Å². The van der Waals surface area contributed by atoms with Crippen LogP contribution in [0.4, 0.5) is 5.69 Å². The standard InChI is InChI=1S/C23H23NO4/c1-3-24(20-13-8-11-18-10-5-6-12-19(18)20)22(25)15-28-23(26)16-27-21-14-7-4-9-17(21)2/h4-14H,3,15-16H2,1-2H3. The molecule has 28 heavy (non-hydrogen) atoms. The average Bonchev–Trinajstić information content (AvgIpc) is 2.72. The van der Waals surface area contributed by atoms with Gasteiger partial charge in [-0.05, 0) is 36.9 Å². The second-order valence-electron chi connectivity index (χ2n) is 6.35. The van der Waals surface area contributed by atoms with E-state index in [-0.39, 0.29) is 19.1 Å². The molecule has 3 rings (SSSR count). The zero-order valence-electron chi connectivity index (χ0n) is 16.1. The summed E-state index contributed by atoms with van der Waals surface area (Å²) < 4.78 is 10.6. The first-order chi connectivity index (χ1) is 13.6. The number of nitrogens with zero attached hydrogens (tertiary/aromatic N) is 1. The van der Waals surface area contributed by atoms with Crippen LogP contribution in [0.5, 0.6) is 5.75 Å². The molecule has 3 aromatic rings. The van der Waals surface area contributed by atoms with Gasteiger partial charge in [-0.3, -0.25) is 4.79 Å². The number of benzene rings is 3. The van der Waals surface area contributed by atoms with Crippen LogP contribution in [0.15, 0.2) is 66.7 Å². The van der Waals surface area contributed by atoms with Crippen molar-refractivity contribution in [2.75, 3.05) is 24.7 Å². The molecule has 0 spiro atoms. The average molecular weight is 377 g/mol. The topological polar surface area (TPSA) is 55.8 Å². The van der Waals surface area contributed by atoms with Gasteiger partial charge in [-0.2, -0.15) is 0 Å². The minimum Gasteiger partial charge on any atom is -0.482 e.